The van der Waals surface area contributed by atoms with Gasteiger partial charge in [0, 0.05) is 19.2 Å². The number of tetrazole rings is 1. The number of aryl methyl sites for hydroxylation is 1. The van der Waals surface area contributed by atoms with Gasteiger partial charge in [0.2, 0.25) is 0 Å². The van der Waals surface area contributed by atoms with E-state index in [2.05, 4.69) is 25.4 Å². The monoisotopic (exact) mass is 528 g/mol. The first-order chi connectivity index (χ1) is 19.1. The Morgan fingerprint density at radius 1 is 1.10 bits per heavy atom. The fraction of sp³-hybridized carbons (Fsp3) is 0.310. The van der Waals surface area contributed by atoms with Crippen LogP contribution in [-0.4, -0.2) is 50.4 Å². The summed E-state index contributed by atoms with van der Waals surface area (Å²) in [5, 5.41) is 13.5. The fourth-order valence-electron chi connectivity index (χ4n) is 4.78. The molecule has 0 aliphatic heterocycles. The zero-order valence-corrected chi connectivity index (χ0v) is 22.3. The van der Waals surface area contributed by atoms with E-state index in [1.165, 1.54) is 0 Å². The van der Waals surface area contributed by atoms with Crippen LogP contribution in [0.4, 0.5) is 0 Å². The van der Waals surface area contributed by atoms with E-state index in [0.717, 1.165) is 33.5 Å². The van der Waals surface area contributed by atoms with Gasteiger partial charge in [-0.3, -0.25) is 9.69 Å². The number of furan rings is 1. The van der Waals surface area contributed by atoms with Gasteiger partial charge in [0.25, 0.3) is 5.56 Å². The van der Waals surface area contributed by atoms with Gasteiger partial charge in [-0.05, 0) is 71.1 Å². The van der Waals surface area contributed by atoms with Crippen molar-refractivity contribution >= 4 is 10.9 Å². The minimum atomic E-state index is -0.581. The van der Waals surface area contributed by atoms with Gasteiger partial charge in [-0.2, -0.15) is 0 Å². The highest BCUT2D eigenvalue weighted by molar-refractivity contribution is 5.82. The Bertz CT molecular complexity index is 1560. The van der Waals surface area contributed by atoms with Gasteiger partial charge in [0.15, 0.2) is 5.82 Å². The summed E-state index contributed by atoms with van der Waals surface area (Å²) in [5.74, 6) is 2.11. The lowest BCUT2D eigenvalue weighted by atomic mass is 10.0. The molecule has 0 saturated carbocycles. The van der Waals surface area contributed by atoms with Crippen molar-refractivity contribution in [1.82, 2.24) is 30.1 Å². The number of aromatic nitrogens is 5. The van der Waals surface area contributed by atoms with Gasteiger partial charge >= 0.3 is 0 Å². The number of hydrogen-bond donors (Lipinski definition) is 1. The van der Waals surface area contributed by atoms with Crippen LogP contribution in [0.25, 0.3) is 10.9 Å². The maximum Gasteiger partial charge on any atom is 0.253 e. The molecule has 39 heavy (non-hydrogen) atoms. The van der Waals surface area contributed by atoms with Gasteiger partial charge in [-0.25, -0.2) is 4.68 Å². The topological polar surface area (TPSA) is 111 Å². The number of nitrogens with zero attached hydrogens (tertiary/aromatic N) is 5. The standard InChI is InChI=1S/C29H32N6O4/c1-4-38-23-12-10-21(11-13-23)18-34(19-24-9-6-15-39-24)27(28-31-32-33-35(28)14-16-37-3)25-17-22-8-5-7-20(2)26(22)30-29(25)36/h5-13,15,17,27H,4,14,16,18-19H2,1-3H3,(H,30,36)/t27-/m0/s1. The number of aromatic amines is 1. The summed E-state index contributed by atoms with van der Waals surface area (Å²) >= 11 is 0. The van der Waals surface area contributed by atoms with E-state index in [4.69, 9.17) is 13.9 Å². The van der Waals surface area contributed by atoms with E-state index in [-0.39, 0.29) is 5.56 Å². The molecule has 0 aliphatic rings. The van der Waals surface area contributed by atoms with Crippen LogP contribution in [0.15, 0.2) is 76.1 Å². The number of ether oxygens (including phenoxy) is 2. The van der Waals surface area contributed by atoms with E-state index in [1.807, 2.05) is 74.5 Å². The largest absolute Gasteiger partial charge is 0.494 e. The number of benzene rings is 2. The van der Waals surface area contributed by atoms with Gasteiger partial charge in [0.05, 0.1) is 38.1 Å². The number of H-pyrrole nitrogens is 1. The molecule has 0 amide bonds. The zero-order valence-electron chi connectivity index (χ0n) is 22.3. The highest BCUT2D eigenvalue weighted by atomic mass is 16.5. The van der Waals surface area contributed by atoms with Crippen molar-refractivity contribution < 1.29 is 13.9 Å². The molecule has 3 heterocycles. The van der Waals surface area contributed by atoms with E-state index in [9.17, 15) is 4.79 Å². The summed E-state index contributed by atoms with van der Waals surface area (Å²) in [6.45, 7) is 6.33. The molecule has 2 aromatic carbocycles. The summed E-state index contributed by atoms with van der Waals surface area (Å²) < 4.78 is 18.4. The molecule has 0 radical (unpaired) electrons. The normalized spacial score (nSPS) is 12.3. The third kappa shape index (κ3) is 5.92. The predicted molar refractivity (Wildman–Crippen MR) is 146 cm³/mol. The smallest absolute Gasteiger partial charge is 0.253 e. The maximum atomic E-state index is 13.7. The second-order valence-corrected chi connectivity index (χ2v) is 9.31. The summed E-state index contributed by atoms with van der Waals surface area (Å²) in [4.78, 5) is 19.0. The van der Waals surface area contributed by atoms with Crippen LogP contribution in [0.3, 0.4) is 0 Å². The summed E-state index contributed by atoms with van der Waals surface area (Å²) in [7, 11) is 1.63. The first-order valence-electron chi connectivity index (χ1n) is 12.9. The van der Waals surface area contributed by atoms with E-state index < -0.39 is 6.04 Å². The van der Waals surface area contributed by atoms with Crippen molar-refractivity contribution in [2.45, 2.75) is 39.5 Å². The first-order valence-corrected chi connectivity index (χ1v) is 12.9. The van der Waals surface area contributed by atoms with Crippen LogP contribution in [0.5, 0.6) is 5.75 Å². The molecule has 0 bridgehead atoms. The SMILES string of the molecule is CCOc1ccc(CN(Cc2ccco2)[C@@H](c2cc3cccc(C)c3[nH]c2=O)c2nnnn2CCOC)cc1. The highest BCUT2D eigenvalue weighted by Crippen LogP contribution is 2.31. The molecule has 10 nitrogen and oxygen atoms in total. The fourth-order valence-corrected chi connectivity index (χ4v) is 4.78. The Hall–Kier alpha value is -4.28. The van der Waals surface area contributed by atoms with E-state index >= 15 is 0 Å². The van der Waals surface area contributed by atoms with Crippen molar-refractivity contribution in [3.8, 4) is 5.75 Å². The number of rotatable bonds is 12. The Balaban J connectivity index is 1.65. The highest BCUT2D eigenvalue weighted by Gasteiger charge is 2.31. The van der Waals surface area contributed by atoms with Crippen LogP contribution < -0.4 is 10.3 Å². The molecule has 1 atom stereocenters. The number of nitrogens with one attached hydrogen (secondary N) is 1. The predicted octanol–water partition coefficient (Wildman–Crippen LogP) is 4.25. The third-order valence-electron chi connectivity index (χ3n) is 6.65. The van der Waals surface area contributed by atoms with Gasteiger partial charge < -0.3 is 18.9 Å². The number of fused-ring (bicyclic) bond motifs is 1. The molecule has 0 fully saturated rings. The molecular formula is C29H32N6O4. The van der Waals surface area contributed by atoms with Crippen LogP contribution in [0.1, 0.15) is 41.2 Å². The number of methoxy groups -OCH3 is 1. The van der Waals surface area contributed by atoms with Crippen molar-refractivity contribution in [2.24, 2.45) is 0 Å². The average molecular weight is 529 g/mol. The molecule has 3 aromatic heterocycles. The third-order valence-corrected chi connectivity index (χ3v) is 6.65. The maximum absolute atomic E-state index is 13.7. The van der Waals surface area contributed by atoms with Crippen molar-refractivity contribution in [2.75, 3.05) is 20.3 Å². The number of pyridine rings is 1. The van der Waals surface area contributed by atoms with Crippen molar-refractivity contribution in [3.63, 3.8) is 0 Å². The Labute approximate surface area is 226 Å². The van der Waals surface area contributed by atoms with Crippen molar-refractivity contribution in [3.05, 3.63) is 106 Å². The average Bonchev–Trinajstić information content (AvgIpc) is 3.62. The molecule has 0 aliphatic carbocycles. The second-order valence-electron chi connectivity index (χ2n) is 9.31. The minimum Gasteiger partial charge on any atom is -0.494 e. The van der Waals surface area contributed by atoms with E-state index in [1.54, 1.807) is 18.1 Å². The van der Waals surface area contributed by atoms with Crippen LogP contribution in [0, 0.1) is 6.92 Å². The second kappa shape index (κ2) is 12.1. The number of hydrogen-bond acceptors (Lipinski definition) is 8. The molecule has 0 spiro atoms. The van der Waals surface area contributed by atoms with Crippen molar-refractivity contribution in [1.29, 1.82) is 0 Å². The molecule has 0 unspecified atom stereocenters. The molecule has 5 rings (SSSR count). The first kappa shape index (κ1) is 26.3. The summed E-state index contributed by atoms with van der Waals surface area (Å²) in [6, 6.07) is 19.1. The van der Waals surface area contributed by atoms with Crippen LogP contribution >= 0.6 is 0 Å². The Morgan fingerprint density at radius 3 is 2.69 bits per heavy atom. The summed E-state index contributed by atoms with van der Waals surface area (Å²) in [5.41, 5.74) is 3.20. The lowest BCUT2D eigenvalue weighted by molar-refractivity contribution is 0.163. The van der Waals surface area contributed by atoms with Gasteiger partial charge in [-0.15, -0.1) is 5.10 Å². The zero-order chi connectivity index (χ0) is 27.2. The summed E-state index contributed by atoms with van der Waals surface area (Å²) in [6.07, 6.45) is 1.65. The molecule has 0 saturated heterocycles. The quantitative estimate of drug-likeness (QED) is 0.256. The Kier molecular flexibility index (Phi) is 8.14. The number of para-hydroxylation sites is 1. The van der Waals surface area contributed by atoms with Gasteiger partial charge in [0.1, 0.15) is 17.6 Å². The molecule has 202 valence electrons. The lowest BCUT2D eigenvalue weighted by Gasteiger charge is -2.30. The van der Waals surface area contributed by atoms with Crippen LogP contribution in [0.2, 0.25) is 0 Å². The molecular weight excluding hydrogens is 496 g/mol. The lowest BCUT2D eigenvalue weighted by Crippen LogP contribution is -2.35. The van der Waals surface area contributed by atoms with E-state index in [0.29, 0.717) is 44.2 Å². The molecule has 5 aromatic rings. The molecule has 1 N–H and O–H groups in total. The Morgan fingerprint density at radius 2 is 1.95 bits per heavy atom. The minimum absolute atomic E-state index is 0.195. The van der Waals surface area contributed by atoms with Gasteiger partial charge in [-0.1, -0.05) is 30.3 Å². The molecule has 10 heteroatoms. The van der Waals surface area contributed by atoms with Crippen LogP contribution in [-0.2, 0) is 24.4 Å².